The number of rotatable bonds is 8. The number of nitrogens with one attached hydrogen (secondary N) is 1. The molecule has 1 N–H and O–H groups in total. The highest BCUT2D eigenvalue weighted by atomic mass is 16.2. The number of para-hydroxylation sites is 1. The number of aryl methyl sites for hydroxylation is 1. The van der Waals surface area contributed by atoms with E-state index >= 15 is 0 Å². The number of amides is 2. The average Bonchev–Trinajstić information content (AvgIpc) is 2.76. The summed E-state index contributed by atoms with van der Waals surface area (Å²) in [4.78, 5) is 29.2. The van der Waals surface area contributed by atoms with Crippen LogP contribution in [-0.4, -0.2) is 54.3 Å². The predicted molar refractivity (Wildman–Crippen MR) is 122 cm³/mol. The smallest absolute Gasteiger partial charge is 0.238 e. The number of anilines is 1. The summed E-state index contributed by atoms with van der Waals surface area (Å²) in [6, 6.07) is 18.0. The molecule has 0 bridgehead atoms. The molecule has 3 rings (SSSR count). The van der Waals surface area contributed by atoms with Crippen LogP contribution in [0.5, 0.6) is 0 Å². The van der Waals surface area contributed by atoms with Crippen LogP contribution in [-0.2, 0) is 9.59 Å². The van der Waals surface area contributed by atoms with Gasteiger partial charge in [0, 0.05) is 18.8 Å². The van der Waals surface area contributed by atoms with E-state index in [9.17, 15) is 9.59 Å². The van der Waals surface area contributed by atoms with Crippen molar-refractivity contribution in [1.29, 1.82) is 0 Å². The molecule has 2 aromatic rings. The van der Waals surface area contributed by atoms with Crippen LogP contribution < -0.4 is 5.32 Å². The number of benzene rings is 2. The summed E-state index contributed by atoms with van der Waals surface area (Å²) in [6.07, 6.45) is 3.89. The zero-order chi connectivity index (χ0) is 21.3. The molecule has 2 amide bonds. The normalized spacial score (nSPS) is 13.8. The zero-order valence-electron chi connectivity index (χ0n) is 17.9. The van der Waals surface area contributed by atoms with Gasteiger partial charge >= 0.3 is 0 Å². The van der Waals surface area contributed by atoms with E-state index in [0.29, 0.717) is 13.1 Å². The van der Waals surface area contributed by atoms with Crippen molar-refractivity contribution >= 4 is 23.1 Å². The van der Waals surface area contributed by atoms with Crippen LogP contribution in [0.3, 0.4) is 0 Å². The Hall–Kier alpha value is -2.92. The van der Waals surface area contributed by atoms with Crippen LogP contribution in [0.1, 0.15) is 30.9 Å². The molecule has 0 unspecified atom stereocenters. The van der Waals surface area contributed by atoms with Crippen LogP contribution in [0.15, 0.2) is 60.7 Å². The maximum Gasteiger partial charge on any atom is 0.238 e. The molecule has 30 heavy (non-hydrogen) atoms. The molecule has 1 aliphatic heterocycles. The lowest BCUT2D eigenvalue weighted by Crippen LogP contribution is -2.44. The zero-order valence-corrected chi connectivity index (χ0v) is 17.9. The van der Waals surface area contributed by atoms with Gasteiger partial charge in [0.25, 0.3) is 0 Å². The fourth-order valence-electron chi connectivity index (χ4n) is 3.74. The Bertz CT molecular complexity index is 892. The molecule has 1 heterocycles. The van der Waals surface area contributed by atoms with E-state index in [1.54, 1.807) is 0 Å². The van der Waals surface area contributed by atoms with Gasteiger partial charge in [0.2, 0.25) is 11.8 Å². The first-order valence-electron chi connectivity index (χ1n) is 10.7. The summed E-state index contributed by atoms with van der Waals surface area (Å²) >= 11 is 0. The highest BCUT2D eigenvalue weighted by molar-refractivity contribution is 5.93. The van der Waals surface area contributed by atoms with E-state index in [1.807, 2.05) is 59.2 Å². The number of hydrogen-bond donors (Lipinski definition) is 1. The second-order valence-corrected chi connectivity index (χ2v) is 7.76. The first-order valence-corrected chi connectivity index (χ1v) is 10.7. The maximum absolute atomic E-state index is 12.8. The molecule has 0 atom stereocenters. The highest BCUT2D eigenvalue weighted by Crippen LogP contribution is 2.22. The Balaban J connectivity index is 1.54. The second kappa shape index (κ2) is 10.7. The van der Waals surface area contributed by atoms with Crippen molar-refractivity contribution in [2.75, 3.05) is 38.0 Å². The van der Waals surface area contributed by atoms with E-state index in [1.165, 1.54) is 11.1 Å². The van der Waals surface area contributed by atoms with Gasteiger partial charge in [-0.1, -0.05) is 61.5 Å². The third kappa shape index (κ3) is 6.04. The van der Waals surface area contributed by atoms with Gasteiger partial charge in [-0.3, -0.25) is 14.5 Å². The first-order chi connectivity index (χ1) is 14.6. The Morgan fingerprint density at radius 3 is 2.43 bits per heavy atom. The molecular formula is C25H31N3O2. The summed E-state index contributed by atoms with van der Waals surface area (Å²) in [5.41, 5.74) is 4.37. The fraction of sp³-hybridized carbons (Fsp3) is 0.360. The third-order valence-corrected chi connectivity index (χ3v) is 5.39. The van der Waals surface area contributed by atoms with Gasteiger partial charge < -0.3 is 10.2 Å². The SMILES string of the molecule is CCCN(CC(=O)Nc1ccccc1C)CC(=O)N1CC=C(c2ccccc2)CC1. The second-order valence-electron chi connectivity index (χ2n) is 7.76. The topological polar surface area (TPSA) is 52.7 Å². The Kier molecular flexibility index (Phi) is 7.80. The standard InChI is InChI=1S/C25H31N3O2/c1-3-15-27(18-24(29)26-23-12-8-7-9-20(23)2)19-25(30)28-16-13-22(14-17-28)21-10-5-4-6-11-21/h4-13H,3,14-19H2,1-2H3,(H,26,29). The van der Waals surface area contributed by atoms with Gasteiger partial charge in [0.1, 0.15) is 0 Å². The number of carbonyl (C=O) groups is 2. The Labute approximate surface area is 179 Å². The lowest BCUT2D eigenvalue weighted by atomic mass is 9.99. The van der Waals surface area contributed by atoms with Crippen molar-refractivity contribution in [2.45, 2.75) is 26.7 Å². The summed E-state index contributed by atoms with van der Waals surface area (Å²) in [5.74, 6) is -0.00837. The molecule has 1 aliphatic rings. The fourth-order valence-corrected chi connectivity index (χ4v) is 3.74. The van der Waals surface area contributed by atoms with E-state index in [0.717, 1.165) is 30.6 Å². The Morgan fingerprint density at radius 1 is 1.03 bits per heavy atom. The van der Waals surface area contributed by atoms with E-state index in [4.69, 9.17) is 0 Å². The minimum absolute atomic E-state index is 0.0792. The van der Waals surface area contributed by atoms with Crippen LogP contribution in [0.2, 0.25) is 0 Å². The van der Waals surface area contributed by atoms with Crippen molar-refractivity contribution in [2.24, 2.45) is 0 Å². The van der Waals surface area contributed by atoms with E-state index in [-0.39, 0.29) is 24.9 Å². The first kappa shape index (κ1) is 21.8. The van der Waals surface area contributed by atoms with Gasteiger partial charge in [0.15, 0.2) is 0 Å². The molecule has 0 saturated heterocycles. The van der Waals surface area contributed by atoms with Gasteiger partial charge in [-0.05, 0) is 49.1 Å². The molecule has 5 nitrogen and oxygen atoms in total. The van der Waals surface area contributed by atoms with E-state index in [2.05, 4.69) is 30.4 Å². The summed E-state index contributed by atoms with van der Waals surface area (Å²) in [5, 5.41) is 2.96. The summed E-state index contributed by atoms with van der Waals surface area (Å²) in [7, 11) is 0. The average molecular weight is 406 g/mol. The van der Waals surface area contributed by atoms with Crippen molar-refractivity contribution in [3.63, 3.8) is 0 Å². The summed E-state index contributed by atoms with van der Waals surface area (Å²) in [6.45, 7) is 6.57. The van der Waals surface area contributed by atoms with Gasteiger partial charge in [-0.15, -0.1) is 0 Å². The lowest BCUT2D eigenvalue weighted by molar-refractivity contribution is -0.132. The highest BCUT2D eigenvalue weighted by Gasteiger charge is 2.21. The molecule has 0 spiro atoms. The lowest BCUT2D eigenvalue weighted by Gasteiger charge is -2.29. The van der Waals surface area contributed by atoms with Crippen LogP contribution in [0, 0.1) is 6.92 Å². The van der Waals surface area contributed by atoms with Crippen LogP contribution in [0.25, 0.3) is 5.57 Å². The van der Waals surface area contributed by atoms with Crippen molar-refractivity contribution in [1.82, 2.24) is 9.80 Å². The molecule has 2 aromatic carbocycles. The molecule has 0 aliphatic carbocycles. The van der Waals surface area contributed by atoms with Gasteiger partial charge in [0.05, 0.1) is 13.1 Å². The van der Waals surface area contributed by atoms with Crippen molar-refractivity contribution in [3.05, 3.63) is 71.8 Å². The molecule has 158 valence electrons. The molecule has 0 saturated carbocycles. The van der Waals surface area contributed by atoms with Crippen molar-refractivity contribution < 1.29 is 9.59 Å². The largest absolute Gasteiger partial charge is 0.338 e. The maximum atomic E-state index is 12.8. The number of hydrogen-bond acceptors (Lipinski definition) is 3. The molecule has 0 aromatic heterocycles. The van der Waals surface area contributed by atoms with Gasteiger partial charge in [-0.25, -0.2) is 0 Å². The molecule has 0 fully saturated rings. The molecular weight excluding hydrogens is 374 g/mol. The summed E-state index contributed by atoms with van der Waals surface area (Å²) < 4.78 is 0. The number of carbonyl (C=O) groups excluding carboxylic acids is 2. The number of nitrogens with zero attached hydrogens (tertiary/aromatic N) is 2. The molecule has 0 radical (unpaired) electrons. The monoisotopic (exact) mass is 405 g/mol. The van der Waals surface area contributed by atoms with Gasteiger partial charge in [-0.2, -0.15) is 0 Å². The van der Waals surface area contributed by atoms with Crippen molar-refractivity contribution in [3.8, 4) is 0 Å². The minimum atomic E-state index is -0.0875. The minimum Gasteiger partial charge on any atom is -0.338 e. The Morgan fingerprint density at radius 2 is 1.77 bits per heavy atom. The van der Waals surface area contributed by atoms with Crippen LogP contribution >= 0.6 is 0 Å². The van der Waals surface area contributed by atoms with Crippen LogP contribution in [0.4, 0.5) is 5.69 Å². The third-order valence-electron chi connectivity index (χ3n) is 5.39. The van der Waals surface area contributed by atoms with E-state index < -0.39 is 0 Å². The quantitative estimate of drug-likeness (QED) is 0.723. The predicted octanol–water partition coefficient (Wildman–Crippen LogP) is 3.96. The molecule has 5 heteroatoms.